The lowest BCUT2D eigenvalue weighted by molar-refractivity contribution is -0.116. The number of carbonyl (C=O) groups excluding carboxylic acids is 1. The van der Waals surface area contributed by atoms with Crippen LogP contribution in [0.3, 0.4) is 0 Å². The van der Waals surface area contributed by atoms with Crippen LogP contribution in [-0.2, 0) is 26.8 Å². The molecule has 2 saturated carbocycles. The van der Waals surface area contributed by atoms with Gasteiger partial charge in [0.2, 0.25) is 15.9 Å². The largest absolute Gasteiger partial charge is 0.488 e. The van der Waals surface area contributed by atoms with Crippen LogP contribution in [0.25, 0.3) is 0 Å². The molecule has 2 aliphatic carbocycles. The number of aromatic nitrogens is 1. The van der Waals surface area contributed by atoms with E-state index >= 15 is 17.6 Å². The number of anilines is 2. The number of rotatable bonds is 13. The third-order valence-electron chi connectivity index (χ3n) is 9.33. The maximum atomic E-state index is 15.5. The highest BCUT2D eigenvalue weighted by molar-refractivity contribution is 9.09. The Bertz CT molecular complexity index is 2230. The Morgan fingerprint density at radius 2 is 1.67 bits per heavy atom. The van der Waals surface area contributed by atoms with Gasteiger partial charge in [-0.25, -0.2) is 30.8 Å². The van der Waals surface area contributed by atoms with E-state index in [0.717, 1.165) is 28.9 Å². The van der Waals surface area contributed by atoms with Crippen LogP contribution >= 0.6 is 15.9 Å². The molecule has 15 heteroatoms. The van der Waals surface area contributed by atoms with Gasteiger partial charge in [0.25, 0.3) is 0 Å². The predicted octanol–water partition coefficient (Wildman–Crippen LogP) is 8.82. The van der Waals surface area contributed by atoms with Crippen molar-refractivity contribution in [1.82, 2.24) is 4.98 Å². The number of hydrogen-bond donors (Lipinski definition) is 2. The normalized spacial score (nSPS) is 15.1. The minimum Gasteiger partial charge on any atom is -0.488 e. The Hall–Kier alpha value is -4.50. The van der Waals surface area contributed by atoms with Gasteiger partial charge in [0.15, 0.2) is 23.3 Å². The number of amides is 1. The van der Waals surface area contributed by atoms with E-state index < -0.39 is 67.0 Å². The number of nitrogens with one attached hydrogen (secondary N) is 1. The lowest BCUT2D eigenvalue weighted by Crippen LogP contribution is -2.38. The van der Waals surface area contributed by atoms with Crippen LogP contribution in [0.2, 0.25) is 0 Å². The van der Waals surface area contributed by atoms with E-state index in [-0.39, 0.29) is 40.6 Å². The van der Waals surface area contributed by atoms with Gasteiger partial charge in [-0.15, -0.1) is 0 Å². The Kier molecular flexibility index (Phi) is 10.9. The molecule has 3 aromatic carbocycles. The third-order valence-corrected chi connectivity index (χ3v) is 11.4. The highest BCUT2D eigenvalue weighted by atomic mass is 79.9. The molecule has 1 unspecified atom stereocenters. The van der Waals surface area contributed by atoms with Crippen molar-refractivity contribution in [2.75, 3.05) is 15.4 Å². The monoisotopic (exact) mass is 831 g/mol. The van der Waals surface area contributed by atoms with Crippen LogP contribution in [0, 0.1) is 30.2 Å². The van der Waals surface area contributed by atoms with Crippen LogP contribution in [0.4, 0.5) is 28.9 Å². The Balaban J connectivity index is 1.37. The lowest BCUT2D eigenvalue weighted by atomic mass is 9.84. The molecule has 0 bridgehead atoms. The summed E-state index contributed by atoms with van der Waals surface area (Å²) >= 11 is 3.08. The van der Waals surface area contributed by atoms with Crippen LogP contribution in [-0.4, -0.2) is 42.2 Å². The van der Waals surface area contributed by atoms with Gasteiger partial charge in [0.1, 0.15) is 17.2 Å². The summed E-state index contributed by atoms with van der Waals surface area (Å²) in [6.07, 6.45) is 4.52. The molecule has 9 nitrogen and oxygen atoms in total. The molecule has 54 heavy (non-hydrogen) atoms. The first-order chi connectivity index (χ1) is 25.3. The van der Waals surface area contributed by atoms with Crippen molar-refractivity contribution in [3.8, 4) is 5.75 Å². The van der Waals surface area contributed by atoms with E-state index in [1.807, 2.05) is 32.9 Å². The van der Waals surface area contributed by atoms with Gasteiger partial charge < -0.3 is 14.7 Å². The molecular weight excluding hydrogens is 794 g/mol. The fourth-order valence-electron chi connectivity index (χ4n) is 6.03. The van der Waals surface area contributed by atoms with Gasteiger partial charge in [0, 0.05) is 17.5 Å². The summed E-state index contributed by atoms with van der Waals surface area (Å²) in [5, 5.41) is 9.68. The molecule has 2 N–H and O–H groups in total. The van der Waals surface area contributed by atoms with Crippen LogP contribution in [0.5, 0.6) is 5.75 Å². The second kappa shape index (κ2) is 15.0. The number of carboxylic acid groups (broad SMARTS) is 1. The minimum atomic E-state index is -5.05. The average molecular weight is 833 g/mol. The number of benzene rings is 3. The Morgan fingerprint density at radius 1 is 1.00 bits per heavy atom. The molecule has 6 rings (SSSR count). The number of carboxylic acids is 1. The number of hydrogen-bond acceptors (Lipinski definition) is 6. The molecule has 1 atom stereocenters. The van der Waals surface area contributed by atoms with Crippen molar-refractivity contribution in [2.45, 2.75) is 82.2 Å². The molecule has 2 fully saturated rings. The van der Waals surface area contributed by atoms with E-state index in [9.17, 15) is 23.1 Å². The van der Waals surface area contributed by atoms with Gasteiger partial charge in [-0.2, -0.15) is 0 Å². The van der Waals surface area contributed by atoms with E-state index in [4.69, 9.17) is 4.74 Å². The molecule has 286 valence electrons. The first-order valence-corrected chi connectivity index (χ1v) is 19.8. The molecule has 0 saturated heterocycles. The first-order valence-electron chi connectivity index (χ1n) is 17.2. The number of carbonyl (C=O) groups is 2. The number of pyridine rings is 1. The maximum Gasteiger partial charge on any atom is 0.335 e. The highest BCUT2D eigenvalue weighted by Gasteiger charge is 2.35. The Labute approximate surface area is 318 Å². The molecule has 2 aliphatic rings. The summed E-state index contributed by atoms with van der Waals surface area (Å²) < 4.78 is 96.4. The number of halogens is 5. The van der Waals surface area contributed by atoms with E-state index in [2.05, 4.69) is 27.0 Å². The van der Waals surface area contributed by atoms with Crippen molar-refractivity contribution in [3.05, 3.63) is 117 Å². The van der Waals surface area contributed by atoms with Gasteiger partial charge in [-0.1, -0.05) is 61.0 Å². The molecule has 1 amide bonds. The molecule has 4 aromatic rings. The second-order valence-corrected chi connectivity index (χ2v) is 17.4. The van der Waals surface area contributed by atoms with Gasteiger partial charge in [-0.3, -0.25) is 14.5 Å². The van der Waals surface area contributed by atoms with Gasteiger partial charge >= 0.3 is 5.97 Å². The number of nitrogens with zero attached hydrogens (tertiary/aromatic N) is 2. The summed E-state index contributed by atoms with van der Waals surface area (Å²) in [5.74, 6) is -11.1. The van der Waals surface area contributed by atoms with E-state index in [0.29, 0.717) is 30.0 Å². The molecule has 0 spiro atoms. The van der Waals surface area contributed by atoms with E-state index in [1.54, 1.807) is 4.72 Å². The SMILES string of the molecule is Cc1ncccc1C(Br)c1c(F)c(F)c(NS(=O)(=O)CC(=O)N(Cc2cc(C3CC3)cc(C(C)(C)C)c2)c2ccc(C(=O)O)cc2OC2CC2)c(F)c1F. The first kappa shape index (κ1) is 39.2. The number of aryl methyl sites for hydroxylation is 1. The molecule has 0 aliphatic heterocycles. The summed E-state index contributed by atoms with van der Waals surface area (Å²) in [4.78, 5) is 29.8. The van der Waals surface area contributed by atoms with Gasteiger partial charge in [-0.05, 0) is 90.5 Å². The summed E-state index contributed by atoms with van der Waals surface area (Å²) in [6, 6.07) is 12.7. The number of ether oxygens (including phenoxy) is 1. The zero-order valence-electron chi connectivity index (χ0n) is 29.9. The second-order valence-electron chi connectivity index (χ2n) is 14.7. The molecule has 1 aromatic heterocycles. The van der Waals surface area contributed by atoms with Crippen molar-refractivity contribution >= 4 is 49.2 Å². The van der Waals surface area contributed by atoms with Gasteiger partial charge in [0.05, 0.1) is 28.7 Å². The van der Waals surface area contributed by atoms with Crippen molar-refractivity contribution in [2.24, 2.45) is 0 Å². The maximum absolute atomic E-state index is 15.5. The average Bonchev–Trinajstić information content (AvgIpc) is 4.04. The smallest absolute Gasteiger partial charge is 0.335 e. The van der Waals surface area contributed by atoms with Crippen molar-refractivity contribution < 1.29 is 45.4 Å². The summed E-state index contributed by atoms with van der Waals surface area (Å²) in [5.41, 5.74) is 0.182. The fourth-order valence-corrected chi connectivity index (χ4v) is 7.96. The number of alkyl halides is 1. The molecular formula is C39H38BrF4N3O6S. The predicted molar refractivity (Wildman–Crippen MR) is 199 cm³/mol. The number of sulfonamides is 1. The van der Waals surface area contributed by atoms with Crippen molar-refractivity contribution in [1.29, 1.82) is 0 Å². The fraction of sp³-hybridized carbons (Fsp3) is 0.359. The number of aromatic carboxylic acids is 1. The topological polar surface area (TPSA) is 126 Å². The van der Waals surface area contributed by atoms with E-state index in [1.165, 1.54) is 43.5 Å². The quantitative estimate of drug-likeness (QED) is 0.0784. The molecule has 1 heterocycles. The summed E-state index contributed by atoms with van der Waals surface area (Å²) in [7, 11) is -5.05. The zero-order chi connectivity index (χ0) is 39.3. The van der Waals surface area contributed by atoms with Crippen LogP contribution in [0.15, 0.2) is 54.7 Å². The summed E-state index contributed by atoms with van der Waals surface area (Å²) in [6.45, 7) is 7.44. The third kappa shape index (κ3) is 8.57. The highest BCUT2D eigenvalue weighted by Crippen LogP contribution is 2.43. The standard InChI is InChI=1S/C39H38BrF4N3O6S/c1-20-27(6-5-13-45-20)32(40)31-33(41)35(43)37(36(44)34(31)42)46-54(51,52)19-30(48)47(28-12-9-23(38(49)50)17-29(28)53-26-10-11-26)18-21-14-24(22-7-8-22)16-25(15-21)39(2,3)4/h5-6,9,12-17,22,26,32,46H,7-8,10-11,18-19H2,1-4H3,(H,49,50). The molecule has 0 radical (unpaired) electrons. The van der Waals surface area contributed by atoms with Crippen LogP contribution in [0.1, 0.15) is 101 Å². The lowest BCUT2D eigenvalue weighted by Gasteiger charge is -2.27. The minimum absolute atomic E-state index is 0.0236. The van der Waals surface area contributed by atoms with Crippen molar-refractivity contribution in [3.63, 3.8) is 0 Å². The van der Waals surface area contributed by atoms with Crippen LogP contribution < -0.4 is 14.4 Å². The Morgan fingerprint density at radius 3 is 2.24 bits per heavy atom. The zero-order valence-corrected chi connectivity index (χ0v) is 32.3.